The van der Waals surface area contributed by atoms with Crippen LogP contribution in [0, 0.1) is 11.8 Å². The fourth-order valence-corrected chi connectivity index (χ4v) is 4.17. The maximum Gasteiger partial charge on any atom is 0.490 e. The van der Waals surface area contributed by atoms with Crippen molar-refractivity contribution in [3.8, 4) is 11.4 Å². The van der Waals surface area contributed by atoms with Crippen molar-refractivity contribution in [3.63, 3.8) is 0 Å². The largest absolute Gasteiger partial charge is 0.490 e. The maximum absolute atomic E-state index is 12.9. The number of nitrogens with two attached hydrogens (primary N) is 1. The van der Waals surface area contributed by atoms with Gasteiger partial charge in [0.15, 0.2) is 0 Å². The molecule has 4 rings (SSSR count). The zero-order valence-corrected chi connectivity index (χ0v) is 17.4. The number of fused-ring (bicyclic) bond motifs is 1. The lowest BCUT2D eigenvalue weighted by Gasteiger charge is -2.22. The minimum atomic E-state index is -5.08. The van der Waals surface area contributed by atoms with E-state index in [9.17, 15) is 26.3 Å². The summed E-state index contributed by atoms with van der Waals surface area (Å²) < 4.78 is 75.7. The Morgan fingerprint density at radius 1 is 1.21 bits per heavy atom. The van der Waals surface area contributed by atoms with Gasteiger partial charge in [0.2, 0.25) is 11.7 Å². The van der Waals surface area contributed by atoms with Crippen molar-refractivity contribution >= 4 is 5.97 Å². The van der Waals surface area contributed by atoms with Crippen molar-refractivity contribution < 1.29 is 40.8 Å². The second-order valence-corrected chi connectivity index (χ2v) is 8.13. The summed E-state index contributed by atoms with van der Waals surface area (Å²) in [7, 11) is 0. The molecule has 1 aromatic carbocycles. The van der Waals surface area contributed by atoms with Gasteiger partial charge in [-0.15, -0.1) is 0 Å². The van der Waals surface area contributed by atoms with Crippen molar-refractivity contribution in [2.75, 3.05) is 13.1 Å². The smallest absolute Gasteiger partial charge is 0.475 e. The molecule has 1 saturated heterocycles. The second kappa shape index (κ2) is 9.29. The number of aliphatic carboxylic acids is 1. The monoisotopic (exact) mass is 480 g/mol. The number of halogens is 6. The highest BCUT2D eigenvalue weighted by atomic mass is 19.4. The van der Waals surface area contributed by atoms with Crippen LogP contribution < -0.4 is 5.73 Å². The van der Waals surface area contributed by atoms with E-state index in [4.69, 9.17) is 20.2 Å². The second-order valence-electron chi connectivity index (χ2n) is 8.13. The number of carboxylic acid groups (broad SMARTS) is 1. The first-order valence-corrected chi connectivity index (χ1v) is 10.1. The molecule has 1 aromatic heterocycles. The van der Waals surface area contributed by atoms with Gasteiger partial charge in [-0.1, -0.05) is 17.3 Å². The van der Waals surface area contributed by atoms with Crippen molar-refractivity contribution in [3.05, 3.63) is 35.7 Å². The van der Waals surface area contributed by atoms with Crippen LogP contribution in [0.5, 0.6) is 0 Å². The molecular formula is C20H22F6N4O3. The normalized spacial score (nSPS) is 24.2. The molecule has 2 fully saturated rings. The highest BCUT2D eigenvalue weighted by Crippen LogP contribution is 2.40. The van der Waals surface area contributed by atoms with Crippen LogP contribution in [0.3, 0.4) is 0 Å². The molecule has 182 valence electrons. The van der Waals surface area contributed by atoms with E-state index in [1.165, 1.54) is 6.07 Å². The summed E-state index contributed by atoms with van der Waals surface area (Å²) in [6.07, 6.45) is -7.26. The third kappa shape index (κ3) is 5.82. The first-order valence-electron chi connectivity index (χ1n) is 10.1. The number of alkyl halides is 6. The van der Waals surface area contributed by atoms with Crippen LogP contribution in [-0.2, 0) is 11.0 Å². The van der Waals surface area contributed by atoms with E-state index in [1.807, 2.05) is 6.92 Å². The summed E-state index contributed by atoms with van der Waals surface area (Å²) >= 11 is 0. The quantitative estimate of drug-likeness (QED) is 0.637. The molecule has 4 atom stereocenters. The minimum absolute atomic E-state index is 0.0835. The number of likely N-dealkylation sites (tertiary alicyclic amines) is 1. The number of hydrogen-bond acceptors (Lipinski definition) is 6. The Balaban J connectivity index is 0.000000383. The molecule has 2 aromatic rings. The highest BCUT2D eigenvalue weighted by Gasteiger charge is 2.43. The van der Waals surface area contributed by atoms with Crippen LogP contribution in [0.25, 0.3) is 11.4 Å². The average molecular weight is 480 g/mol. The standard InChI is InChI=1S/C18H21F3N4O.C2HF3O2/c1-10(25-8-12-5-6-15(22)14(12)9-25)17-23-16(24-26-17)11-3-2-4-13(7-11)18(19,20)21;3-2(4,5)1(6)7/h2-4,7,10,12,14-15H,5-6,8-9,22H2,1H3;(H,6,7). The number of hydrogen-bond donors (Lipinski definition) is 2. The number of carboxylic acids is 1. The van der Waals surface area contributed by atoms with Crippen molar-refractivity contribution in [2.45, 2.75) is 44.2 Å². The van der Waals surface area contributed by atoms with E-state index < -0.39 is 23.9 Å². The molecule has 1 aliphatic heterocycles. The lowest BCUT2D eigenvalue weighted by molar-refractivity contribution is -0.192. The molecule has 2 heterocycles. The van der Waals surface area contributed by atoms with E-state index >= 15 is 0 Å². The van der Waals surface area contributed by atoms with Crippen LogP contribution in [-0.4, -0.2) is 51.4 Å². The summed E-state index contributed by atoms with van der Waals surface area (Å²) in [4.78, 5) is 15.5. The Morgan fingerprint density at radius 3 is 2.45 bits per heavy atom. The van der Waals surface area contributed by atoms with E-state index in [0.717, 1.165) is 38.1 Å². The fourth-order valence-electron chi connectivity index (χ4n) is 4.17. The van der Waals surface area contributed by atoms with Crippen molar-refractivity contribution in [2.24, 2.45) is 17.6 Å². The predicted molar refractivity (Wildman–Crippen MR) is 103 cm³/mol. The van der Waals surface area contributed by atoms with Crippen LogP contribution in [0.15, 0.2) is 28.8 Å². The van der Waals surface area contributed by atoms with E-state index in [1.54, 1.807) is 6.07 Å². The Labute approximate surface area is 184 Å². The van der Waals surface area contributed by atoms with Gasteiger partial charge in [-0.25, -0.2) is 4.79 Å². The van der Waals surface area contributed by atoms with Gasteiger partial charge in [-0.2, -0.15) is 31.3 Å². The topological polar surface area (TPSA) is 105 Å². The van der Waals surface area contributed by atoms with Crippen LogP contribution >= 0.6 is 0 Å². The van der Waals surface area contributed by atoms with Gasteiger partial charge in [-0.3, -0.25) is 4.90 Å². The number of benzene rings is 1. The molecule has 0 spiro atoms. The fraction of sp³-hybridized carbons (Fsp3) is 0.550. The molecule has 1 aliphatic carbocycles. The van der Waals surface area contributed by atoms with Crippen LogP contribution in [0.4, 0.5) is 26.3 Å². The summed E-state index contributed by atoms with van der Waals surface area (Å²) in [5.41, 5.74) is 5.75. The van der Waals surface area contributed by atoms with Gasteiger partial charge < -0.3 is 15.4 Å². The summed E-state index contributed by atoms with van der Waals surface area (Å²) in [6.45, 7) is 3.82. The lowest BCUT2D eigenvalue weighted by Crippen LogP contribution is -2.31. The minimum Gasteiger partial charge on any atom is -0.475 e. The Morgan fingerprint density at radius 2 is 1.88 bits per heavy atom. The first kappa shape index (κ1) is 25.0. The molecule has 0 amide bonds. The van der Waals surface area contributed by atoms with Crippen LogP contribution in [0.1, 0.15) is 37.3 Å². The Kier molecular flexibility index (Phi) is 7.03. The van der Waals surface area contributed by atoms with Crippen molar-refractivity contribution in [1.82, 2.24) is 15.0 Å². The number of aromatic nitrogens is 2. The number of nitrogens with zero attached hydrogens (tertiary/aromatic N) is 3. The number of rotatable bonds is 3. The van der Waals surface area contributed by atoms with Gasteiger partial charge in [0.25, 0.3) is 0 Å². The van der Waals surface area contributed by atoms with Crippen LogP contribution in [0.2, 0.25) is 0 Å². The van der Waals surface area contributed by atoms with Gasteiger partial charge in [-0.05, 0) is 43.7 Å². The Bertz CT molecular complexity index is 977. The Hall–Kier alpha value is -2.67. The SMILES string of the molecule is CC(c1nc(-c2cccc(C(F)(F)F)c2)no1)N1CC2CCC(N)C2C1.O=C(O)C(F)(F)F. The van der Waals surface area contributed by atoms with E-state index in [0.29, 0.717) is 23.3 Å². The molecule has 7 nitrogen and oxygen atoms in total. The highest BCUT2D eigenvalue weighted by molar-refractivity contribution is 5.73. The zero-order valence-electron chi connectivity index (χ0n) is 17.4. The van der Waals surface area contributed by atoms with Gasteiger partial charge in [0.05, 0.1) is 11.6 Å². The predicted octanol–water partition coefficient (Wildman–Crippen LogP) is 4.12. The van der Waals surface area contributed by atoms with E-state index in [2.05, 4.69) is 15.0 Å². The molecule has 33 heavy (non-hydrogen) atoms. The lowest BCUT2D eigenvalue weighted by atomic mass is 9.98. The summed E-state index contributed by atoms with van der Waals surface area (Å²) in [6, 6.07) is 5.13. The zero-order chi connectivity index (χ0) is 24.6. The number of carbonyl (C=O) groups is 1. The first-order chi connectivity index (χ1) is 15.3. The summed E-state index contributed by atoms with van der Waals surface area (Å²) in [5.74, 6) is -1.05. The molecular weight excluding hydrogens is 458 g/mol. The molecule has 13 heteroatoms. The molecule has 1 saturated carbocycles. The summed E-state index contributed by atoms with van der Waals surface area (Å²) in [5, 5.41) is 11.0. The van der Waals surface area contributed by atoms with Gasteiger partial charge in [0.1, 0.15) is 0 Å². The molecule has 0 bridgehead atoms. The maximum atomic E-state index is 12.9. The average Bonchev–Trinajstić information content (AvgIpc) is 3.44. The van der Waals surface area contributed by atoms with Gasteiger partial charge >= 0.3 is 18.3 Å². The molecule has 4 unspecified atom stereocenters. The van der Waals surface area contributed by atoms with Crippen molar-refractivity contribution in [1.29, 1.82) is 0 Å². The molecule has 3 N–H and O–H groups in total. The van der Waals surface area contributed by atoms with E-state index in [-0.39, 0.29) is 17.9 Å². The third-order valence-corrected chi connectivity index (χ3v) is 5.98. The molecule has 0 radical (unpaired) electrons. The third-order valence-electron chi connectivity index (χ3n) is 5.98. The molecule has 2 aliphatic rings. The van der Waals surface area contributed by atoms with Gasteiger partial charge in [0, 0.05) is 24.7 Å².